The Morgan fingerprint density at radius 3 is 2.71 bits per heavy atom. The summed E-state index contributed by atoms with van der Waals surface area (Å²) in [6.07, 6.45) is 0. The van der Waals surface area contributed by atoms with Crippen LogP contribution in [-0.2, 0) is 14.8 Å². The number of methoxy groups -OCH3 is 1. The second-order valence-electron chi connectivity index (χ2n) is 4.62. The smallest absolute Gasteiger partial charge is 0.350 e. The Balaban J connectivity index is 2.00. The van der Waals surface area contributed by atoms with E-state index in [1.165, 1.54) is 14.2 Å². The van der Waals surface area contributed by atoms with Gasteiger partial charge in [-0.1, -0.05) is 0 Å². The van der Waals surface area contributed by atoms with Crippen molar-refractivity contribution in [3.05, 3.63) is 32.6 Å². The molecule has 1 aliphatic rings. The molecule has 0 saturated carbocycles. The van der Waals surface area contributed by atoms with Crippen molar-refractivity contribution in [3.8, 4) is 0 Å². The number of ether oxygens (including phenoxy) is 1. The average molecular weight is 385 g/mol. The number of hydrogen-bond donors (Lipinski definition) is 1. The van der Waals surface area contributed by atoms with Gasteiger partial charge in [-0.15, -0.1) is 22.7 Å². The summed E-state index contributed by atoms with van der Waals surface area (Å²) in [4.78, 5) is 24.6. The number of nitrogens with zero attached hydrogens (tertiary/aromatic N) is 2. The maximum absolute atomic E-state index is 12.5. The molecule has 0 fully saturated rings. The van der Waals surface area contributed by atoms with Crippen molar-refractivity contribution < 1.29 is 22.7 Å². The first-order valence-electron chi connectivity index (χ1n) is 6.48. The SMILES string of the molecule is COC(=O)c1sccc1NN=C1C(=O)c2sccc2N(C)S1(=O)=O. The molecule has 1 N–H and O–H groups in total. The van der Waals surface area contributed by atoms with Crippen LogP contribution in [0, 0.1) is 0 Å². The van der Waals surface area contributed by atoms with Gasteiger partial charge in [0.2, 0.25) is 10.8 Å². The van der Waals surface area contributed by atoms with Crippen LogP contribution in [0.3, 0.4) is 0 Å². The van der Waals surface area contributed by atoms with Crippen molar-refractivity contribution in [1.82, 2.24) is 0 Å². The zero-order valence-electron chi connectivity index (χ0n) is 12.5. The fraction of sp³-hybridized carbons (Fsp3) is 0.154. The highest BCUT2D eigenvalue weighted by atomic mass is 32.2. The molecule has 24 heavy (non-hydrogen) atoms. The minimum absolute atomic E-state index is 0.229. The molecule has 0 unspecified atom stereocenters. The second kappa shape index (κ2) is 6.00. The van der Waals surface area contributed by atoms with Crippen molar-refractivity contribution in [2.24, 2.45) is 5.10 Å². The largest absolute Gasteiger partial charge is 0.465 e. The molecule has 8 nitrogen and oxygen atoms in total. The van der Waals surface area contributed by atoms with Crippen LogP contribution in [0.2, 0.25) is 0 Å². The molecule has 0 aromatic carbocycles. The summed E-state index contributed by atoms with van der Waals surface area (Å²) in [5, 5.41) is 6.39. The van der Waals surface area contributed by atoms with Gasteiger partial charge in [0.1, 0.15) is 9.75 Å². The molecule has 2 aromatic rings. The van der Waals surface area contributed by atoms with Gasteiger partial charge in [-0.25, -0.2) is 4.79 Å². The first-order valence-corrected chi connectivity index (χ1v) is 9.68. The topological polar surface area (TPSA) is 105 Å². The number of rotatable bonds is 3. The molecule has 0 atom stereocenters. The summed E-state index contributed by atoms with van der Waals surface area (Å²) in [6, 6.07) is 3.11. The van der Waals surface area contributed by atoms with E-state index >= 15 is 0 Å². The van der Waals surface area contributed by atoms with Gasteiger partial charge in [-0.2, -0.15) is 13.5 Å². The standard InChI is InChI=1S/C13H11N3O5S3/c1-16-8-4-6-23-11(8)9(17)12(24(16,19)20)15-14-7-3-5-22-10(7)13(18)21-2/h3-6,14H,1-2H3. The highest BCUT2D eigenvalue weighted by Crippen LogP contribution is 2.33. The van der Waals surface area contributed by atoms with Crippen LogP contribution >= 0.6 is 22.7 Å². The van der Waals surface area contributed by atoms with Gasteiger partial charge < -0.3 is 4.74 Å². The Labute approximate surface area is 145 Å². The summed E-state index contributed by atoms with van der Waals surface area (Å²) in [7, 11) is -1.47. The Morgan fingerprint density at radius 2 is 2.00 bits per heavy atom. The van der Waals surface area contributed by atoms with E-state index in [-0.39, 0.29) is 10.6 Å². The Kier molecular flexibility index (Phi) is 4.15. The fourth-order valence-corrected chi connectivity index (χ4v) is 4.97. The Bertz CT molecular complexity index is 957. The third-order valence-electron chi connectivity index (χ3n) is 3.30. The zero-order valence-corrected chi connectivity index (χ0v) is 14.9. The molecule has 3 rings (SSSR count). The number of anilines is 2. The van der Waals surface area contributed by atoms with E-state index in [1.54, 1.807) is 22.9 Å². The van der Waals surface area contributed by atoms with E-state index in [0.29, 0.717) is 10.6 Å². The minimum atomic E-state index is -4.06. The van der Waals surface area contributed by atoms with Gasteiger partial charge in [0, 0.05) is 7.05 Å². The van der Waals surface area contributed by atoms with Crippen LogP contribution in [0.5, 0.6) is 0 Å². The first kappa shape index (κ1) is 16.6. The highest BCUT2D eigenvalue weighted by Gasteiger charge is 2.41. The molecular weight excluding hydrogens is 374 g/mol. The van der Waals surface area contributed by atoms with Crippen molar-refractivity contribution in [3.63, 3.8) is 0 Å². The average Bonchev–Trinajstić information content (AvgIpc) is 3.21. The molecule has 11 heteroatoms. The normalized spacial score (nSPS) is 17.7. The third-order valence-corrected chi connectivity index (χ3v) is 6.78. The number of thiophene rings is 2. The number of sulfonamides is 1. The third kappa shape index (κ3) is 2.50. The molecule has 0 bridgehead atoms. The predicted molar refractivity (Wildman–Crippen MR) is 92.7 cm³/mol. The Hall–Kier alpha value is -2.24. The molecule has 3 heterocycles. The van der Waals surface area contributed by atoms with Gasteiger partial charge in [-0.05, 0) is 22.9 Å². The number of Topliss-reactive ketones (excluding diaryl/α,β-unsaturated/α-hetero) is 1. The summed E-state index contributed by atoms with van der Waals surface area (Å²) in [5.41, 5.74) is 3.08. The van der Waals surface area contributed by atoms with Crippen molar-refractivity contribution in [1.29, 1.82) is 0 Å². The van der Waals surface area contributed by atoms with Crippen molar-refractivity contribution in [2.75, 3.05) is 23.9 Å². The molecule has 2 aromatic heterocycles. The molecule has 1 aliphatic heterocycles. The molecular formula is C13H11N3O5S3. The van der Waals surface area contributed by atoms with Crippen LogP contribution in [0.4, 0.5) is 11.4 Å². The van der Waals surface area contributed by atoms with E-state index in [4.69, 9.17) is 0 Å². The summed E-state index contributed by atoms with van der Waals surface area (Å²) < 4.78 is 30.6. The lowest BCUT2D eigenvalue weighted by Gasteiger charge is -2.24. The van der Waals surface area contributed by atoms with Gasteiger partial charge in [0.25, 0.3) is 10.0 Å². The van der Waals surface area contributed by atoms with Crippen molar-refractivity contribution >= 4 is 60.9 Å². The number of fused-ring (bicyclic) bond motifs is 1. The molecule has 0 aliphatic carbocycles. The maximum atomic E-state index is 12.5. The number of carbonyl (C=O) groups is 2. The lowest BCUT2D eigenvalue weighted by atomic mass is 10.3. The van der Waals surface area contributed by atoms with Crippen LogP contribution < -0.4 is 9.73 Å². The minimum Gasteiger partial charge on any atom is -0.465 e. The van der Waals surface area contributed by atoms with E-state index in [9.17, 15) is 18.0 Å². The number of ketones is 1. The quantitative estimate of drug-likeness (QED) is 0.640. The van der Waals surface area contributed by atoms with E-state index < -0.39 is 26.8 Å². The maximum Gasteiger partial charge on any atom is 0.350 e. The van der Waals surface area contributed by atoms with Crippen LogP contribution in [-0.4, -0.2) is 39.4 Å². The highest BCUT2D eigenvalue weighted by molar-refractivity contribution is 8.09. The predicted octanol–water partition coefficient (Wildman–Crippen LogP) is 1.98. The summed E-state index contributed by atoms with van der Waals surface area (Å²) in [6.45, 7) is 0. The van der Waals surface area contributed by atoms with Gasteiger partial charge in [-0.3, -0.25) is 14.5 Å². The van der Waals surface area contributed by atoms with Gasteiger partial charge >= 0.3 is 5.97 Å². The number of hydrogen-bond acceptors (Lipinski definition) is 9. The van der Waals surface area contributed by atoms with Crippen LogP contribution in [0.1, 0.15) is 19.3 Å². The first-order chi connectivity index (χ1) is 11.4. The number of nitrogens with one attached hydrogen (secondary N) is 1. The van der Waals surface area contributed by atoms with E-state index in [0.717, 1.165) is 27.0 Å². The lowest BCUT2D eigenvalue weighted by molar-refractivity contribution is 0.0607. The zero-order chi connectivity index (χ0) is 17.5. The number of hydrazone groups is 1. The lowest BCUT2D eigenvalue weighted by Crippen LogP contribution is -2.42. The molecule has 0 radical (unpaired) electrons. The fourth-order valence-electron chi connectivity index (χ4n) is 2.06. The summed E-state index contributed by atoms with van der Waals surface area (Å²) in [5.74, 6) is -1.26. The van der Waals surface area contributed by atoms with Gasteiger partial charge in [0.15, 0.2) is 0 Å². The molecule has 0 amide bonds. The summed E-state index contributed by atoms with van der Waals surface area (Å²) >= 11 is 2.25. The molecule has 0 saturated heterocycles. The van der Waals surface area contributed by atoms with Crippen molar-refractivity contribution in [2.45, 2.75) is 0 Å². The van der Waals surface area contributed by atoms with E-state index in [2.05, 4.69) is 15.3 Å². The number of esters is 1. The van der Waals surface area contributed by atoms with Gasteiger partial charge in [0.05, 0.1) is 18.5 Å². The van der Waals surface area contributed by atoms with E-state index in [1.807, 2.05) is 0 Å². The second-order valence-corrected chi connectivity index (χ2v) is 8.34. The molecule has 0 spiro atoms. The number of carbonyl (C=O) groups excluding carboxylic acids is 2. The molecule has 126 valence electrons. The van der Waals surface area contributed by atoms with Crippen LogP contribution in [0.15, 0.2) is 28.0 Å². The van der Waals surface area contributed by atoms with Crippen LogP contribution in [0.25, 0.3) is 0 Å². The monoisotopic (exact) mass is 385 g/mol. The Morgan fingerprint density at radius 1 is 1.29 bits per heavy atom.